The zero-order valence-corrected chi connectivity index (χ0v) is 10.4. The maximum atomic E-state index is 5.71. The highest BCUT2D eigenvalue weighted by molar-refractivity contribution is 4.79. The van der Waals surface area contributed by atoms with E-state index < -0.39 is 0 Å². The van der Waals surface area contributed by atoms with E-state index in [1.807, 2.05) is 0 Å². The molecule has 0 spiro atoms. The third kappa shape index (κ3) is 3.74. The van der Waals surface area contributed by atoms with E-state index in [9.17, 15) is 0 Å². The quantitative estimate of drug-likeness (QED) is 0.750. The Labute approximate surface area is 94.0 Å². The van der Waals surface area contributed by atoms with Crippen molar-refractivity contribution in [2.24, 2.45) is 17.6 Å². The zero-order valence-electron chi connectivity index (χ0n) is 10.4. The lowest BCUT2D eigenvalue weighted by Crippen LogP contribution is -2.45. The van der Waals surface area contributed by atoms with Gasteiger partial charge in [0.2, 0.25) is 0 Å². The summed E-state index contributed by atoms with van der Waals surface area (Å²) in [5.41, 5.74) is 5.71. The Morgan fingerprint density at radius 1 is 1.33 bits per heavy atom. The molecule has 0 aromatic carbocycles. The molecule has 1 saturated heterocycles. The Kier molecular flexibility index (Phi) is 5.58. The fourth-order valence-electron chi connectivity index (χ4n) is 2.32. The van der Waals surface area contributed by atoms with Gasteiger partial charge in [0, 0.05) is 19.8 Å². The predicted octanol–water partition coefficient (Wildman–Crippen LogP) is 1.33. The van der Waals surface area contributed by atoms with Crippen LogP contribution in [0.3, 0.4) is 0 Å². The summed E-state index contributed by atoms with van der Waals surface area (Å²) in [6.45, 7) is 8.67. The Bertz CT molecular complexity index is 167. The van der Waals surface area contributed by atoms with Crippen LogP contribution in [0.25, 0.3) is 0 Å². The van der Waals surface area contributed by atoms with E-state index in [4.69, 9.17) is 10.5 Å². The number of methoxy groups -OCH3 is 1. The van der Waals surface area contributed by atoms with Gasteiger partial charge in [-0.1, -0.05) is 6.92 Å². The number of ether oxygens (including phenoxy) is 1. The fraction of sp³-hybridized carbons (Fsp3) is 1.00. The summed E-state index contributed by atoms with van der Waals surface area (Å²) in [7, 11) is 1.80. The van der Waals surface area contributed by atoms with Crippen molar-refractivity contribution >= 4 is 0 Å². The van der Waals surface area contributed by atoms with Crippen LogP contribution < -0.4 is 5.73 Å². The van der Waals surface area contributed by atoms with Crippen LogP contribution in [0.5, 0.6) is 0 Å². The molecule has 0 aromatic rings. The monoisotopic (exact) mass is 214 g/mol. The zero-order chi connectivity index (χ0) is 11.3. The molecule has 1 rings (SSSR count). The predicted molar refractivity (Wildman–Crippen MR) is 63.9 cm³/mol. The van der Waals surface area contributed by atoms with Crippen molar-refractivity contribution in [1.29, 1.82) is 0 Å². The molecule has 2 N–H and O–H groups in total. The number of hydrogen-bond donors (Lipinski definition) is 1. The number of rotatable bonds is 5. The summed E-state index contributed by atoms with van der Waals surface area (Å²) in [4.78, 5) is 2.57. The second-order valence-electron chi connectivity index (χ2n) is 4.89. The van der Waals surface area contributed by atoms with Crippen molar-refractivity contribution in [2.45, 2.75) is 32.7 Å². The van der Waals surface area contributed by atoms with Crippen LogP contribution in [-0.2, 0) is 4.74 Å². The minimum Gasteiger partial charge on any atom is -0.384 e. The molecule has 0 bridgehead atoms. The summed E-state index contributed by atoms with van der Waals surface area (Å²) >= 11 is 0. The van der Waals surface area contributed by atoms with E-state index in [2.05, 4.69) is 18.7 Å². The maximum absolute atomic E-state index is 5.71. The lowest BCUT2D eigenvalue weighted by atomic mass is 9.94. The van der Waals surface area contributed by atoms with Gasteiger partial charge in [0.05, 0.1) is 0 Å². The highest BCUT2D eigenvalue weighted by atomic mass is 16.5. The SMILES string of the molecule is COCC1CCN(C(C)C(C)CN)CC1. The Morgan fingerprint density at radius 3 is 2.40 bits per heavy atom. The largest absolute Gasteiger partial charge is 0.384 e. The van der Waals surface area contributed by atoms with E-state index in [0.29, 0.717) is 12.0 Å². The van der Waals surface area contributed by atoms with Crippen LogP contribution in [-0.4, -0.2) is 44.3 Å². The summed E-state index contributed by atoms with van der Waals surface area (Å²) in [5, 5.41) is 0. The van der Waals surface area contributed by atoms with Crippen LogP contribution in [0, 0.1) is 11.8 Å². The topological polar surface area (TPSA) is 38.5 Å². The average Bonchev–Trinajstić information content (AvgIpc) is 2.28. The second-order valence-corrected chi connectivity index (χ2v) is 4.89. The van der Waals surface area contributed by atoms with Gasteiger partial charge in [0.1, 0.15) is 0 Å². The minimum absolute atomic E-state index is 0.601. The molecule has 2 unspecified atom stereocenters. The molecule has 3 heteroatoms. The molecule has 1 heterocycles. The molecule has 90 valence electrons. The third-order valence-electron chi connectivity index (χ3n) is 3.82. The molecule has 0 saturated carbocycles. The lowest BCUT2D eigenvalue weighted by Gasteiger charge is -2.38. The van der Waals surface area contributed by atoms with Gasteiger partial charge in [0.25, 0.3) is 0 Å². The summed E-state index contributed by atoms with van der Waals surface area (Å²) in [5.74, 6) is 1.37. The van der Waals surface area contributed by atoms with Crippen LogP contribution in [0.2, 0.25) is 0 Å². The van der Waals surface area contributed by atoms with Crippen LogP contribution in [0.15, 0.2) is 0 Å². The van der Waals surface area contributed by atoms with Crippen LogP contribution in [0.4, 0.5) is 0 Å². The van der Waals surface area contributed by atoms with E-state index in [-0.39, 0.29) is 0 Å². The number of nitrogens with zero attached hydrogens (tertiary/aromatic N) is 1. The van der Waals surface area contributed by atoms with Gasteiger partial charge in [0.15, 0.2) is 0 Å². The molecular weight excluding hydrogens is 188 g/mol. The summed E-state index contributed by atoms with van der Waals surface area (Å²) in [6.07, 6.45) is 2.55. The highest BCUT2D eigenvalue weighted by Gasteiger charge is 2.24. The van der Waals surface area contributed by atoms with Gasteiger partial charge in [-0.25, -0.2) is 0 Å². The number of likely N-dealkylation sites (tertiary alicyclic amines) is 1. The molecule has 1 fully saturated rings. The minimum atomic E-state index is 0.601. The van der Waals surface area contributed by atoms with Crippen molar-refractivity contribution in [3.8, 4) is 0 Å². The van der Waals surface area contributed by atoms with Crippen LogP contribution in [0.1, 0.15) is 26.7 Å². The molecular formula is C12H26N2O. The van der Waals surface area contributed by atoms with E-state index >= 15 is 0 Å². The number of piperidine rings is 1. The van der Waals surface area contributed by atoms with Crippen molar-refractivity contribution in [2.75, 3.05) is 33.4 Å². The molecule has 2 atom stereocenters. The highest BCUT2D eigenvalue weighted by Crippen LogP contribution is 2.21. The number of nitrogens with two attached hydrogens (primary N) is 1. The molecule has 0 amide bonds. The summed E-state index contributed by atoms with van der Waals surface area (Å²) in [6, 6.07) is 0.624. The first-order valence-electron chi connectivity index (χ1n) is 6.12. The smallest absolute Gasteiger partial charge is 0.0491 e. The molecule has 3 nitrogen and oxygen atoms in total. The third-order valence-corrected chi connectivity index (χ3v) is 3.82. The van der Waals surface area contributed by atoms with Crippen molar-refractivity contribution in [3.63, 3.8) is 0 Å². The summed E-state index contributed by atoms with van der Waals surface area (Å²) < 4.78 is 5.21. The van der Waals surface area contributed by atoms with Gasteiger partial charge >= 0.3 is 0 Å². The Morgan fingerprint density at radius 2 is 1.93 bits per heavy atom. The first-order chi connectivity index (χ1) is 7.19. The normalized spacial score (nSPS) is 24.0. The molecule has 0 radical (unpaired) electrons. The average molecular weight is 214 g/mol. The molecule has 1 aliphatic heterocycles. The number of hydrogen-bond acceptors (Lipinski definition) is 3. The second kappa shape index (κ2) is 6.46. The van der Waals surface area contributed by atoms with E-state index in [1.54, 1.807) is 7.11 Å². The standard InChI is InChI=1S/C12H26N2O/c1-10(8-13)11(2)14-6-4-12(5-7-14)9-15-3/h10-12H,4-9,13H2,1-3H3. The van der Waals surface area contributed by atoms with Crippen LogP contribution >= 0.6 is 0 Å². The van der Waals surface area contributed by atoms with Gasteiger partial charge in [-0.3, -0.25) is 0 Å². The first-order valence-corrected chi connectivity index (χ1v) is 6.12. The van der Waals surface area contributed by atoms with Gasteiger partial charge in [-0.2, -0.15) is 0 Å². The van der Waals surface area contributed by atoms with Crippen molar-refractivity contribution < 1.29 is 4.74 Å². The van der Waals surface area contributed by atoms with Gasteiger partial charge in [-0.15, -0.1) is 0 Å². The van der Waals surface area contributed by atoms with E-state index in [0.717, 1.165) is 19.1 Å². The maximum Gasteiger partial charge on any atom is 0.0491 e. The fourth-order valence-corrected chi connectivity index (χ4v) is 2.32. The molecule has 0 aromatic heterocycles. The Hall–Kier alpha value is -0.120. The van der Waals surface area contributed by atoms with Crippen molar-refractivity contribution in [1.82, 2.24) is 4.90 Å². The Balaban J connectivity index is 2.30. The van der Waals surface area contributed by atoms with E-state index in [1.165, 1.54) is 25.9 Å². The molecule has 15 heavy (non-hydrogen) atoms. The molecule has 1 aliphatic rings. The van der Waals surface area contributed by atoms with Gasteiger partial charge in [-0.05, 0) is 51.2 Å². The first kappa shape index (κ1) is 12.9. The van der Waals surface area contributed by atoms with Gasteiger partial charge < -0.3 is 15.4 Å². The van der Waals surface area contributed by atoms with Crippen molar-refractivity contribution in [3.05, 3.63) is 0 Å². The molecule has 0 aliphatic carbocycles. The lowest BCUT2D eigenvalue weighted by molar-refractivity contribution is 0.0707.